The Hall–Kier alpha value is -3.96. The van der Waals surface area contributed by atoms with Crippen LogP contribution in [0.15, 0.2) is 79.0 Å². The number of pyridine rings is 1. The first-order valence-electron chi connectivity index (χ1n) is 11.9. The smallest absolute Gasteiger partial charge is 0.256 e. The average Bonchev–Trinajstić information content (AvgIpc) is 3.31. The molecule has 0 fully saturated rings. The number of anilines is 2. The van der Waals surface area contributed by atoms with Gasteiger partial charge < -0.3 is 10.2 Å². The van der Waals surface area contributed by atoms with Crippen LogP contribution in [0.5, 0.6) is 0 Å². The van der Waals surface area contributed by atoms with Gasteiger partial charge in [0.15, 0.2) is 0 Å². The lowest BCUT2D eigenvalue weighted by atomic mass is 9.91. The summed E-state index contributed by atoms with van der Waals surface area (Å²) in [7, 11) is 0. The first-order valence-corrected chi connectivity index (χ1v) is 12.3. The Kier molecular flexibility index (Phi) is 6.57. The van der Waals surface area contributed by atoms with Gasteiger partial charge in [-0.2, -0.15) is 0 Å². The molecule has 0 saturated carbocycles. The van der Waals surface area contributed by atoms with Gasteiger partial charge in [0.2, 0.25) is 5.91 Å². The topological polar surface area (TPSA) is 62.3 Å². The van der Waals surface area contributed by atoms with E-state index in [1.54, 1.807) is 17.2 Å². The van der Waals surface area contributed by atoms with Gasteiger partial charge in [-0.25, -0.2) is 0 Å². The molecule has 0 radical (unpaired) electrons. The first-order chi connectivity index (χ1) is 17.4. The van der Waals surface area contributed by atoms with Crippen molar-refractivity contribution in [3.63, 3.8) is 0 Å². The molecule has 5 nitrogen and oxygen atoms in total. The molecule has 1 aliphatic rings. The van der Waals surface area contributed by atoms with Crippen LogP contribution in [0.3, 0.4) is 0 Å². The highest BCUT2D eigenvalue weighted by molar-refractivity contribution is 6.32. The van der Waals surface area contributed by atoms with Gasteiger partial charge in [-0.05, 0) is 84.5 Å². The molecule has 3 aromatic carbocycles. The van der Waals surface area contributed by atoms with Crippen LogP contribution in [0.1, 0.15) is 32.7 Å². The molecule has 0 bridgehead atoms. The minimum Gasteiger partial charge on any atom is -0.322 e. The Morgan fingerprint density at radius 2 is 1.75 bits per heavy atom. The molecule has 4 aromatic rings. The molecule has 0 atom stereocenters. The molecule has 1 aliphatic heterocycles. The molecule has 0 unspecified atom stereocenters. The highest BCUT2D eigenvalue weighted by Crippen LogP contribution is 2.35. The zero-order valence-corrected chi connectivity index (χ0v) is 21.0. The highest BCUT2D eigenvalue weighted by atomic mass is 35.5. The molecule has 2 amide bonds. The number of nitrogens with zero attached hydrogens (tertiary/aromatic N) is 2. The monoisotopic (exact) mass is 495 g/mol. The summed E-state index contributed by atoms with van der Waals surface area (Å²) in [6.45, 7) is 4.57. The van der Waals surface area contributed by atoms with Gasteiger partial charge in [-0.3, -0.25) is 14.6 Å². The molecule has 180 valence electrons. The lowest BCUT2D eigenvalue weighted by molar-refractivity contribution is -0.117. The number of fused-ring (bicyclic) bond motifs is 1. The number of halogens is 1. The summed E-state index contributed by atoms with van der Waals surface area (Å²) >= 11 is 6.48. The first kappa shape index (κ1) is 23.8. The standard InChI is InChI=1S/C30H26ClN3O2/c1-19-20(2)29(21-8-4-3-5-9-21)25(18-26(19)31)30(36)33-24-11-12-27-22(16-24)13-15-34(27)28(35)17-23-10-6-7-14-32-23/h3-12,14,16,18H,13,15,17H2,1-2H3,(H,33,36). The second-order valence-electron chi connectivity index (χ2n) is 8.99. The fourth-order valence-corrected chi connectivity index (χ4v) is 4.97. The minimum absolute atomic E-state index is 0.0153. The van der Waals surface area contributed by atoms with Crippen molar-refractivity contribution in [3.8, 4) is 11.1 Å². The van der Waals surface area contributed by atoms with E-state index in [9.17, 15) is 9.59 Å². The Bertz CT molecular complexity index is 1450. The van der Waals surface area contributed by atoms with Crippen LogP contribution < -0.4 is 10.2 Å². The second kappa shape index (κ2) is 9.96. The minimum atomic E-state index is -0.222. The van der Waals surface area contributed by atoms with Crippen molar-refractivity contribution < 1.29 is 9.59 Å². The van der Waals surface area contributed by atoms with Gasteiger partial charge >= 0.3 is 0 Å². The van der Waals surface area contributed by atoms with Crippen LogP contribution in [0, 0.1) is 13.8 Å². The van der Waals surface area contributed by atoms with E-state index in [2.05, 4.69) is 10.3 Å². The van der Waals surface area contributed by atoms with Crippen molar-refractivity contribution in [3.05, 3.63) is 112 Å². The zero-order valence-electron chi connectivity index (χ0n) is 20.2. The number of benzene rings is 3. The summed E-state index contributed by atoms with van der Waals surface area (Å²) in [6.07, 6.45) is 2.69. The predicted octanol–water partition coefficient (Wildman–Crippen LogP) is 6.40. The predicted molar refractivity (Wildman–Crippen MR) is 145 cm³/mol. The van der Waals surface area contributed by atoms with E-state index < -0.39 is 0 Å². The number of rotatable bonds is 5. The summed E-state index contributed by atoms with van der Waals surface area (Å²) < 4.78 is 0. The van der Waals surface area contributed by atoms with Crippen molar-refractivity contribution in [1.29, 1.82) is 0 Å². The van der Waals surface area contributed by atoms with E-state index in [0.717, 1.165) is 45.6 Å². The molecule has 1 N–H and O–H groups in total. The maximum Gasteiger partial charge on any atom is 0.256 e. The summed E-state index contributed by atoms with van der Waals surface area (Å²) in [5.41, 5.74) is 7.67. The van der Waals surface area contributed by atoms with Crippen LogP contribution in [0.4, 0.5) is 11.4 Å². The maximum absolute atomic E-state index is 13.5. The maximum atomic E-state index is 13.5. The van der Waals surface area contributed by atoms with Crippen LogP contribution >= 0.6 is 11.6 Å². The number of aromatic nitrogens is 1. The zero-order chi connectivity index (χ0) is 25.2. The fraction of sp³-hybridized carbons (Fsp3) is 0.167. The third-order valence-corrected chi connectivity index (χ3v) is 7.13. The van der Waals surface area contributed by atoms with Gasteiger partial charge in [-0.1, -0.05) is 48.0 Å². The molecule has 1 aromatic heterocycles. The van der Waals surface area contributed by atoms with Crippen molar-refractivity contribution >= 4 is 34.8 Å². The largest absolute Gasteiger partial charge is 0.322 e. The molecule has 0 saturated heterocycles. The number of nitrogens with one attached hydrogen (secondary N) is 1. The van der Waals surface area contributed by atoms with Gasteiger partial charge in [0.25, 0.3) is 5.91 Å². The van der Waals surface area contributed by atoms with Gasteiger partial charge in [0, 0.05) is 40.4 Å². The van der Waals surface area contributed by atoms with E-state index in [-0.39, 0.29) is 18.2 Å². The van der Waals surface area contributed by atoms with Gasteiger partial charge in [0.1, 0.15) is 0 Å². The van der Waals surface area contributed by atoms with Gasteiger partial charge in [0.05, 0.1) is 6.42 Å². The highest BCUT2D eigenvalue weighted by Gasteiger charge is 2.26. The Balaban J connectivity index is 1.39. The number of hydrogen-bond donors (Lipinski definition) is 1. The summed E-state index contributed by atoms with van der Waals surface area (Å²) in [4.78, 5) is 32.4. The number of carbonyl (C=O) groups is 2. The van der Waals surface area contributed by atoms with Crippen LogP contribution in [-0.4, -0.2) is 23.3 Å². The molecular weight excluding hydrogens is 470 g/mol. The third-order valence-electron chi connectivity index (χ3n) is 6.74. The number of amides is 2. The molecule has 36 heavy (non-hydrogen) atoms. The number of carbonyl (C=O) groups excluding carboxylic acids is 2. The summed E-state index contributed by atoms with van der Waals surface area (Å²) in [5, 5.41) is 3.61. The summed E-state index contributed by atoms with van der Waals surface area (Å²) in [5.74, 6) is -0.207. The third kappa shape index (κ3) is 4.62. The molecule has 6 heteroatoms. The second-order valence-corrected chi connectivity index (χ2v) is 9.40. The van der Waals surface area contributed by atoms with E-state index in [0.29, 0.717) is 22.8 Å². The normalized spacial score (nSPS) is 12.4. The Morgan fingerprint density at radius 1 is 0.972 bits per heavy atom. The average molecular weight is 496 g/mol. The quantitative estimate of drug-likeness (QED) is 0.348. The van der Waals surface area contributed by atoms with Crippen LogP contribution in [0.2, 0.25) is 5.02 Å². The molecular formula is C30H26ClN3O2. The molecule has 5 rings (SSSR count). The lowest BCUT2D eigenvalue weighted by Gasteiger charge is -2.18. The van der Waals surface area contributed by atoms with E-state index in [4.69, 9.17) is 11.6 Å². The van der Waals surface area contributed by atoms with Crippen molar-refractivity contribution in [1.82, 2.24) is 4.98 Å². The fourth-order valence-electron chi connectivity index (χ4n) is 4.72. The summed E-state index contributed by atoms with van der Waals surface area (Å²) in [6, 6.07) is 22.9. The molecule has 0 spiro atoms. The van der Waals surface area contributed by atoms with Crippen molar-refractivity contribution in [2.45, 2.75) is 26.7 Å². The molecule has 0 aliphatic carbocycles. The molecule has 2 heterocycles. The van der Waals surface area contributed by atoms with E-state index in [1.165, 1.54) is 0 Å². The van der Waals surface area contributed by atoms with Crippen LogP contribution in [-0.2, 0) is 17.6 Å². The van der Waals surface area contributed by atoms with Crippen molar-refractivity contribution in [2.24, 2.45) is 0 Å². The van der Waals surface area contributed by atoms with Crippen LogP contribution in [0.25, 0.3) is 11.1 Å². The van der Waals surface area contributed by atoms with E-state index >= 15 is 0 Å². The Morgan fingerprint density at radius 3 is 2.50 bits per heavy atom. The van der Waals surface area contributed by atoms with E-state index in [1.807, 2.05) is 80.6 Å². The SMILES string of the molecule is Cc1c(Cl)cc(C(=O)Nc2ccc3c(c2)CCN3C(=O)Cc2ccccn2)c(-c2ccccc2)c1C. The van der Waals surface area contributed by atoms with Gasteiger partial charge in [-0.15, -0.1) is 0 Å². The number of hydrogen-bond acceptors (Lipinski definition) is 3. The van der Waals surface area contributed by atoms with Crippen molar-refractivity contribution in [2.75, 3.05) is 16.8 Å². The Labute approximate surface area is 215 Å². The lowest BCUT2D eigenvalue weighted by Crippen LogP contribution is -2.30.